The van der Waals surface area contributed by atoms with Crippen LogP contribution in [0.4, 0.5) is 17.6 Å². The van der Waals surface area contributed by atoms with E-state index in [1.807, 2.05) is 0 Å². The van der Waals surface area contributed by atoms with Crippen molar-refractivity contribution in [3.63, 3.8) is 0 Å². The van der Waals surface area contributed by atoms with Gasteiger partial charge < -0.3 is 15.8 Å². The lowest BCUT2D eigenvalue weighted by Crippen LogP contribution is -2.27. The van der Waals surface area contributed by atoms with Crippen LogP contribution in [0.25, 0.3) is 0 Å². The molecule has 2 amide bonds. The van der Waals surface area contributed by atoms with Crippen molar-refractivity contribution < 1.29 is 31.9 Å². The van der Waals surface area contributed by atoms with Crippen LogP contribution < -0.4 is 15.8 Å². The van der Waals surface area contributed by atoms with Crippen molar-refractivity contribution >= 4 is 18.0 Å². The van der Waals surface area contributed by atoms with Gasteiger partial charge in [0.25, 0.3) is 11.8 Å². The Morgan fingerprint density at radius 1 is 1.19 bits per heavy atom. The van der Waals surface area contributed by atoms with Gasteiger partial charge in [-0.15, -0.1) is 0 Å². The maximum Gasteiger partial charge on any atom is 0.419 e. The maximum absolute atomic E-state index is 14.1. The number of amides is 2. The summed E-state index contributed by atoms with van der Waals surface area (Å²) in [6.07, 6.45) is -1.46. The van der Waals surface area contributed by atoms with E-state index in [4.69, 9.17) is 10.5 Å². The van der Waals surface area contributed by atoms with Gasteiger partial charge >= 0.3 is 6.18 Å². The monoisotopic (exact) mass is 449 g/mol. The quantitative estimate of drug-likeness (QED) is 0.635. The Balaban J connectivity index is 1.59. The second-order valence-electron chi connectivity index (χ2n) is 6.94. The van der Waals surface area contributed by atoms with Gasteiger partial charge in [-0.3, -0.25) is 14.6 Å². The van der Waals surface area contributed by atoms with Gasteiger partial charge in [0.1, 0.15) is 23.4 Å². The third-order valence-electron chi connectivity index (χ3n) is 4.60. The molecule has 0 saturated carbocycles. The minimum atomic E-state index is -4.89. The molecule has 1 aliphatic heterocycles. The molecule has 6 nitrogen and oxygen atoms in total. The van der Waals surface area contributed by atoms with E-state index in [9.17, 15) is 27.2 Å². The Hall–Kier alpha value is -3.69. The minimum Gasteiger partial charge on any atom is -0.486 e. The number of primary amides is 1. The first kappa shape index (κ1) is 23.0. The summed E-state index contributed by atoms with van der Waals surface area (Å²) >= 11 is 0. The number of hydrogen-bond acceptors (Lipinski definition) is 4. The van der Waals surface area contributed by atoms with E-state index in [1.54, 1.807) is 24.3 Å². The first-order valence-corrected chi connectivity index (χ1v) is 9.59. The van der Waals surface area contributed by atoms with Crippen LogP contribution in [0.3, 0.4) is 0 Å². The molecule has 0 aromatic heterocycles. The number of hydrogen-bond donors (Lipinski definition) is 2. The van der Waals surface area contributed by atoms with Gasteiger partial charge in [-0.2, -0.15) is 13.2 Å². The molecule has 3 rings (SSSR count). The zero-order chi connectivity index (χ0) is 23.3. The van der Waals surface area contributed by atoms with Crippen molar-refractivity contribution in [1.29, 1.82) is 0 Å². The molecule has 0 fully saturated rings. The van der Waals surface area contributed by atoms with E-state index >= 15 is 0 Å². The van der Waals surface area contributed by atoms with Gasteiger partial charge in [0.05, 0.1) is 11.1 Å². The summed E-state index contributed by atoms with van der Waals surface area (Å²) in [6, 6.07) is 9.50. The maximum atomic E-state index is 14.1. The molecule has 3 N–H and O–H groups in total. The molecule has 2 aromatic carbocycles. The number of halogens is 4. The number of alkyl halides is 3. The summed E-state index contributed by atoms with van der Waals surface area (Å²) in [5, 5.41) is 2.42. The molecule has 1 heterocycles. The van der Waals surface area contributed by atoms with Crippen LogP contribution in [0.2, 0.25) is 0 Å². The van der Waals surface area contributed by atoms with Gasteiger partial charge in [-0.1, -0.05) is 18.2 Å². The second-order valence-corrected chi connectivity index (χ2v) is 6.94. The SMILES string of the molecule is NC(=O)C1=CC(Oc2cccc(CCNC(=O)c3cccc(C(F)(F)F)c3F)c2)CC=N1. The summed E-state index contributed by atoms with van der Waals surface area (Å²) in [7, 11) is 0. The molecule has 0 saturated heterocycles. The second kappa shape index (κ2) is 9.63. The van der Waals surface area contributed by atoms with E-state index in [-0.39, 0.29) is 12.2 Å². The fourth-order valence-electron chi connectivity index (χ4n) is 3.06. The summed E-state index contributed by atoms with van der Waals surface area (Å²) in [5.74, 6) is -2.69. The molecule has 0 bridgehead atoms. The number of carbonyl (C=O) groups excluding carboxylic acids is 2. The predicted octanol–water partition coefficient (Wildman–Crippen LogP) is 3.41. The van der Waals surface area contributed by atoms with Crippen molar-refractivity contribution in [3.8, 4) is 5.75 Å². The van der Waals surface area contributed by atoms with Crippen LogP contribution >= 0.6 is 0 Å². The number of nitrogens with two attached hydrogens (primary N) is 1. The van der Waals surface area contributed by atoms with Gasteiger partial charge in [-0.05, 0) is 42.3 Å². The number of ether oxygens (including phenoxy) is 1. The predicted molar refractivity (Wildman–Crippen MR) is 109 cm³/mol. The average Bonchev–Trinajstić information content (AvgIpc) is 2.73. The summed E-state index contributed by atoms with van der Waals surface area (Å²) < 4.78 is 58.3. The van der Waals surface area contributed by atoms with Gasteiger partial charge in [0.15, 0.2) is 0 Å². The largest absolute Gasteiger partial charge is 0.486 e. The van der Waals surface area contributed by atoms with E-state index < -0.39 is 41.0 Å². The van der Waals surface area contributed by atoms with Gasteiger partial charge in [0, 0.05) is 19.2 Å². The molecule has 168 valence electrons. The number of aliphatic imine (C=N–C) groups is 1. The molecule has 1 aliphatic rings. The summed E-state index contributed by atoms with van der Waals surface area (Å²) in [6.45, 7) is 0.0692. The Labute approximate surface area is 180 Å². The third kappa shape index (κ3) is 5.71. The highest BCUT2D eigenvalue weighted by Gasteiger charge is 2.35. The smallest absolute Gasteiger partial charge is 0.419 e. The Bertz CT molecular complexity index is 1080. The van der Waals surface area contributed by atoms with Crippen molar-refractivity contribution in [2.24, 2.45) is 10.7 Å². The fraction of sp³-hybridized carbons (Fsp3) is 0.227. The van der Waals surface area contributed by atoms with Crippen LogP contribution in [0, 0.1) is 5.82 Å². The number of nitrogens with one attached hydrogen (secondary N) is 1. The molecule has 0 radical (unpaired) electrons. The Kier molecular flexibility index (Phi) is 6.92. The Morgan fingerprint density at radius 3 is 2.66 bits per heavy atom. The van der Waals surface area contributed by atoms with Crippen molar-refractivity contribution in [3.05, 3.63) is 76.7 Å². The number of nitrogens with zero attached hydrogens (tertiary/aromatic N) is 1. The molecule has 2 aromatic rings. The first-order valence-electron chi connectivity index (χ1n) is 9.59. The minimum absolute atomic E-state index is 0.0692. The van der Waals surface area contributed by atoms with Crippen LogP contribution in [0.5, 0.6) is 5.75 Å². The third-order valence-corrected chi connectivity index (χ3v) is 4.60. The van der Waals surface area contributed by atoms with Crippen molar-refractivity contribution in [2.45, 2.75) is 25.1 Å². The zero-order valence-corrected chi connectivity index (χ0v) is 16.7. The summed E-state index contributed by atoms with van der Waals surface area (Å²) in [5.41, 5.74) is 3.94. The molecular formula is C22H19F4N3O3. The lowest BCUT2D eigenvalue weighted by atomic mass is 10.1. The van der Waals surface area contributed by atoms with E-state index in [2.05, 4.69) is 10.3 Å². The average molecular weight is 449 g/mol. The topological polar surface area (TPSA) is 93.8 Å². The number of rotatable bonds is 7. The van der Waals surface area contributed by atoms with Gasteiger partial charge in [-0.25, -0.2) is 4.39 Å². The molecule has 32 heavy (non-hydrogen) atoms. The number of benzene rings is 2. The highest BCUT2D eigenvalue weighted by molar-refractivity contribution is 5.95. The molecule has 1 unspecified atom stereocenters. The van der Waals surface area contributed by atoms with E-state index in [0.717, 1.165) is 17.7 Å². The zero-order valence-electron chi connectivity index (χ0n) is 16.7. The first-order chi connectivity index (χ1) is 15.1. The normalized spacial score (nSPS) is 15.8. The summed E-state index contributed by atoms with van der Waals surface area (Å²) in [4.78, 5) is 27.3. The van der Waals surface area contributed by atoms with Gasteiger partial charge in [0.2, 0.25) is 0 Å². The highest BCUT2D eigenvalue weighted by atomic mass is 19.4. The molecule has 0 aliphatic carbocycles. The molecule has 10 heteroatoms. The lowest BCUT2D eigenvalue weighted by molar-refractivity contribution is -0.140. The van der Waals surface area contributed by atoms with Crippen LogP contribution in [0.15, 0.2) is 59.2 Å². The van der Waals surface area contributed by atoms with E-state index in [1.165, 1.54) is 12.3 Å². The Morgan fingerprint density at radius 2 is 1.94 bits per heavy atom. The molecule has 0 spiro atoms. The van der Waals surface area contributed by atoms with Crippen LogP contribution in [-0.2, 0) is 17.4 Å². The standard InChI is InChI=1S/C22H19F4N3O3/c23-19-16(5-2-6-17(19)22(24,25)26)21(31)29-9-7-13-3-1-4-14(11-13)32-15-8-10-28-18(12-15)20(27)30/h1-6,10-12,15H,7-9H2,(H2,27,30)(H,29,31). The van der Waals surface area contributed by atoms with Crippen LogP contribution in [-0.4, -0.2) is 30.7 Å². The highest BCUT2D eigenvalue weighted by Crippen LogP contribution is 2.32. The van der Waals surface area contributed by atoms with Crippen molar-refractivity contribution in [2.75, 3.05) is 6.54 Å². The molecule has 1 atom stereocenters. The molecular weight excluding hydrogens is 430 g/mol. The lowest BCUT2D eigenvalue weighted by Gasteiger charge is -2.17. The van der Waals surface area contributed by atoms with Crippen LogP contribution in [0.1, 0.15) is 27.9 Å². The number of carbonyl (C=O) groups is 2. The van der Waals surface area contributed by atoms with Crippen molar-refractivity contribution in [1.82, 2.24) is 5.32 Å². The fourth-order valence-corrected chi connectivity index (χ4v) is 3.06. The van der Waals surface area contributed by atoms with E-state index in [0.29, 0.717) is 24.7 Å².